The zero-order valence-electron chi connectivity index (χ0n) is 13.0. The van der Waals surface area contributed by atoms with Crippen molar-refractivity contribution in [2.24, 2.45) is 0 Å². The highest BCUT2D eigenvalue weighted by Crippen LogP contribution is 2.28. The number of hydrogen-bond donors (Lipinski definition) is 1. The molecule has 1 saturated heterocycles. The van der Waals surface area contributed by atoms with Gasteiger partial charge < -0.3 is 10.1 Å². The Morgan fingerprint density at radius 3 is 3.05 bits per heavy atom. The quantitative estimate of drug-likeness (QED) is 0.643. The number of nitrogens with zero attached hydrogens (tertiary/aromatic N) is 3. The lowest BCUT2D eigenvalue weighted by Gasteiger charge is -2.23. The Kier molecular flexibility index (Phi) is 5.16. The summed E-state index contributed by atoms with van der Waals surface area (Å²) >= 11 is 6.04. The monoisotopic (exact) mass is 322 g/mol. The minimum absolute atomic E-state index is 0.0217. The van der Waals surface area contributed by atoms with Gasteiger partial charge in [-0.2, -0.15) is 5.10 Å². The summed E-state index contributed by atoms with van der Waals surface area (Å²) in [6.45, 7) is 3.91. The molecule has 0 saturated carbocycles. The van der Waals surface area contributed by atoms with Crippen LogP contribution in [0.4, 0.5) is 5.82 Å². The Labute approximate surface area is 136 Å². The Hall–Kier alpha value is -1.33. The van der Waals surface area contributed by atoms with Crippen molar-refractivity contribution in [3.8, 4) is 0 Å². The molecule has 1 fully saturated rings. The van der Waals surface area contributed by atoms with Gasteiger partial charge in [-0.1, -0.05) is 13.3 Å². The van der Waals surface area contributed by atoms with Crippen molar-refractivity contribution in [2.45, 2.75) is 51.1 Å². The summed E-state index contributed by atoms with van der Waals surface area (Å²) in [5.41, 5.74) is 1.74. The third-order valence-corrected chi connectivity index (χ3v) is 4.28. The van der Waals surface area contributed by atoms with Gasteiger partial charge in [-0.05, 0) is 37.8 Å². The van der Waals surface area contributed by atoms with Crippen molar-refractivity contribution in [2.75, 3.05) is 18.5 Å². The SMILES string of the molecule is CCCCNc1ccc2c(CCl)nn(C3CCCCO3)c2n1. The molecule has 3 rings (SSSR count). The number of ether oxygens (including phenoxy) is 1. The molecule has 0 bridgehead atoms. The van der Waals surface area contributed by atoms with Crippen LogP contribution in [0.15, 0.2) is 12.1 Å². The normalized spacial score (nSPS) is 18.7. The topological polar surface area (TPSA) is 52.0 Å². The van der Waals surface area contributed by atoms with Gasteiger partial charge in [0.1, 0.15) is 5.82 Å². The van der Waals surface area contributed by atoms with Crippen LogP contribution in [-0.4, -0.2) is 27.9 Å². The number of fused-ring (bicyclic) bond motifs is 1. The number of hydrogen-bond acceptors (Lipinski definition) is 4. The van der Waals surface area contributed by atoms with Gasteiger partial charge in [0.25, 0.3) is 0 Å². The number of rotatable bonds is 6. The molecule has 0 aliphatic carbocycles. The maximum Gasteiger partial charge on any atom is 0.163 e. The molecule has 1 N–H and O–H groups in total. The van der Waals surface area contributed by atoms with E-state index in [1.54, 1.807) is 0 Å². The molecule has 120 valence electrons. The summed E-state index contributed by atoms with van der Waals surface area (Å²) in [7, 11) is 0. The van der Waals surface area contributed by atoms with Gasteiger partial charge in [-0.3, -0.25) is 0 Å². The summed E-state index contributed by atoms with van der Waals surface area (Å²) in [5.74, 6) is 1.28. The molecule has 1 unspecified atom stereocenters. The standard InChI is InChI=1S/C16H23ClN4O/c1-2-3-9-18-14-8-7-12-13(11-17)20-21(16(12)19-14)15-6-4-5-10-22-15/h7-8,15H,2-6,9-11H2,1H3,(H,18,19). The fourth-order valence-electron chi connectivity index (χ4n) is 2.79. The number of unbranched alkanes of at least 4 members (excludes halogenated alkanes) is 1. The molecule has 0 radical (unpaired) electrons. The highest BCUT2D eigenvalue weighted by atomic mass is 35.5. The summed E-state index contributed by atoms with van der Waals surface area (Å²) in [6.07, 6.45) is 5.54. The van der Waals surface area contributed by atoms with Gasteiger partial charge in [-0.25, -0.2) is 9.67 Å². The van der Waals surface area contributed by atoms with Crippen LogP contribution in [0, 0.1) is 0 Å². The number of halogens is 1. The van der Waals surface area contributed by atoms with Crippen molar-refractivity contribution >= 4 is 28.5 Å². The predicted molar refractivity (Wildman–Crippen MR) is 89.3 cm³/mol. The first-order chi connectivity index (χ1) is 10.8. The van der Waals surface area contributed by atoms with Crippen molar-refractivity contribution < 1.29 is 4.74 Å². The second kappa shape index (κ2) is 7.29. The van der Waals surface area contributed by atoms with Gasteiger partial charge in [0.05, 0.1) is 11.6 Å². The van der Waals surface area contributed by atoms with Gasteiger partial charge in [0.15, 0.2) is 11.9 Å². The van der Waals surface area contributed by atoms with Crippen LogP contribution in [0.1, 0.15) is 50.9 Å². The molecule has 5 nitrogen and oxygen atoms in total. The average Bonchev–Trinajstić information content (AvgIpc) is 2.94. The van der Waals surface area contributed by atoms with Crippen LogP contribution < -0.4 is 5.32 Å². The van der Waals surface area contributed by atoms with Crippen LogP contribution in [-0.2, 0) is 10.6 Å². The second-order valence-electron chi connectivity index (χ2n) is 5.69. The van der Waals surface area contributed by atoms with E-state index in [4.69, 9.17) is 21.3 Å². The maximum atomic E-state index is 6.04. The largest absolute Gasteiger partial charge is 0.370 e. The van der Waals surface area contributed by atoms with E-state index in [1.165, 1.54) is 6.42 Å². The zero-order valence-corrected chi connectivity index (χ0v) is 13.8. The van der Waals surface area contributed by atoms with E-state index in [0.717, 1.165) is 61.4 Å². The van der Waals surface area contributed by atoms with Crippen molar-refractivity contribution in [3.05, 3.63) is 17.8 Å². The van der Waals surface area contributed by atoms with Gasteiger partial charge >= 0.3 is 0 Å². The Bertz CT molecular complexity index is 622. The third kappa shape index (κ3) is 3.20. The molecular weight excluding hydrogens is 300 g/mol. The average molecular weight is 323 g/mol. The molecule has 1 aliphatic rings. The highest BCUT2D eigenvalue weighted by molar-refractivity contribution is 6.17. The molecule has 2 aromatic rings. The molecule has 1 atom stereocenters. The minimum atomic E-state index is -0.0217. The van der Waals surface area contributed by atoms with Crippen LogP contribution in [0.2, 0.25) is 0 Å². The summed E-state index contributed by atoms with van der Waals surface area (Å²) in [5, 5.41) is 9.03. The lowest BCUT2D eigenvalue weighted by Crippen LogP contribution is -2.19. The molecule has 22 heavy (non-hydrogen) atoms. The first-order valence-electron chi connectivity index (χ1n) is 8.13. The van der Waals surface area contributed by atoms with E-state index in [0.29, 0.717) is 5.88 Å². The summed E-state index contributed by atoms with van der Waals surface area (Å²) in [4.78, 5) is 4.74. The Balaban J connectivity index is 1.93. The molecule has 2 aromatic heterocycles. The van der Waals surface area contributed by atoms with E-state index >= 15 is 0 Å². The van der Waals surface area contributed by atoms with Gasteiger partial charge in [0.2, 0.25) is 0 Å². The van der Waals surface area contributed by atoms with E-state index in [-0.39, 0.29) is 6.23 Å². The lowest BCUT2D eigenvalue weighted by atomic mass is 10.2. The predicted octanol–water partition coefficient (Wildman–Crippen LogP) is 4.08. The zero-order chi connectivity index (χ0) is 15.4. The van der Waals surface area contributed by atoms with E-state index in [9.17, 15) is 0 Å². The van der Waals surface area contributed by atoms with Crippen molar-refractivity contribution in [3.63, 3.8) is 0 Å². The molecule has 0 spiro atoms. The third-order valence-electron chi connectivity index (χ3n) is 4.02. The summed E-state index contributed by atoms with van der Waals surface area (Å²) in [6, 6.07) is 4.06. The molecule has 1 aliphatic heterocycles. The Morgan fingerprint density at radius 2 is 2.32 bits per heavy atom. The number of alkyl halides is 1. The van der Waals surface area contributed by atoms with Crippen LogP contribution >= 0.6 is 11.6 Å². The van der Waals surface area contributed by atoms with Crippen molar-refractivity contribution in [1.82, 2.24) is 14.8 Å². The van der Waals surface area contributed by atoms with Crippen LogP contribution in [0.3, 0.4) is 0 Å². The lowest BCUT2D eigenvalue weighted by molar-refractivity contribution is -0.0371. The van der Waals surface area contributed by atoms with Crippen LogP contribution in [0.25, 0.3) is 11.0 Å². The second-order valence-corrected chi connectivity index (χ2v) is 5.96. The fourth-order valence-corrected chi connectivity index (χ4v) is 2.98. The van der Waals surface area contributed by atoms with Gasteiger partial charge in [-0.15, -0.1) is 11.6 Å². The van der Waals surface area contributed by atoms with Gasteiger partial charge in [0, 0.05) is 18.5 Å². The first kappa shape index (κ1) is 15.6. The number of aromatic nitrogens is 3. The molecule has 6 heteroatoms. The smallest absolute Gasteiger partial charge is 0.163 e. The Morgan fingerprint density at radius 1 is 1.41 bits per heavy atom. The van der Waals surface area contributed by atoms with Crippen molar-refractivity contribution in [1.29, 1.82) is 0 Å². The van der Waals surface area contributed by atoms with E-state index < -0.39 is 0 Å². The minimum Gasteiger partial charge on any atom is -0.370 e. The van der Waals surface area contributed by atoms with E-state index in [1.807, 2.05) is 10.7 Å². The molecule has 3 heterocycles. The van der Waals surface area contributed by atoms with Crippen LogP contribution in [0.5, 0.6) is 0 Å². The highest BCUT2D eigenvalue weighted by Gasteiger charge is 2.21. The molecule has 0 amide bonds. The molecular formula is C16H23ClN4O. The summed E-state index contributed by atoms with van der Waals surface area (Å²) < 4.78 is 7.78. The van der Waals surface area contributed by atoms with E-state index in [2.05, 4.69) is 23.4 Å². The molecule has 0 aromatic carbocycles. The first-order valence-corrected chi connectivity index (χ1v) is 8.66. The number of nitrogens with one attached hydrogen (secondary N) is 1. The fraction of sp³-hybridized carbons (Fsp3) is 0.625. The number of anilines is 1. The maximum absolute atomic E-state index is 6.04. The number of pyridine rings is 1.